The molecular weight excluding hydrogens is 418 g/mol. The SMILES string of the molecule is CCCc1ccnc2cc(-c3ccc(CN4CCCC(C(=O)NCCNC)C4)cn3)sc12. The van der Waals surface area contributed by atoms with E-state index in [1.807, 2.05) is 19.4 Å². The van der Waals surface area contributed by atoms with Crippen molar-refractivity contribution in [1.82, 2.24) is 25.5 Å². The first-order valence-corrected chi connectivity index (χ1v) is 12.5. The zero-order valence-electron chi connectivity index (χ0n) is 19.1. The van der Waals surface area contributed by atoms with Gasteiger partial charge < -0.3 is 10.6 Å². The number of carbonyl (C=O) groups excluding carboxylic acids is 1. The largest absolute Gasteiger partial charge is 0.355 e. The Morgan fingerprint density at radius 3 is 2.94 bits per heavy atom. The number of fused-ring (bicyclic) bond motifs is 1. The predicted molar refractivity (Wildman–Crippen MR) is 132 cm³/mol. The first kappa shape index (κ1) is 22.8. The fraction of sp³-hybridized carbons (Fsp3) is 0.480. The van der Waals surface area contributed by atoms with E-state index in [1.165, 1.54) is 20.7 Å². The molecule has 1 atom stereocenters. The second kappa shape index (κ2) is 11.0. The Morgan fingerprint density at radius 1 is 1.25 bits per heavy atom. The number of pyridine rings is 2. The molecule has 6 nitrogen and oxygen atoms in total. The lowest BCUT2D eigenvalue weighted by Crippen LogP contribution is -2.43. The van der Waals surface area contributed by atoms with E-state index in [0.29, 0.717) is 6.54 Å². The summed E-state index contributed by atoms with van der Waals surface area (Å²) in [6.07, 6.45) is 8.14. The van der Waals surface area contributed by atoms with Gasteiger partial charge in [-0.15, -0.1) is 11.3 Å². The second-order valence-electron chi connectivity index (χ2n) is 8.57. The number of piperidine rings is 1. The number of hydrogen-bond acceptors (Lipinski definition) is 6. The number of nitrogens with one attached hydrogen (secondary N) is 2. The van der Waals surface area contributed by atoms with Gasteiger partial charge in [-0.3, -0.25) is 19.7 Å². The molecule has 3 aromatic heterocycles. The Hall–Kier alpha value is -2.35. The van der Waals surface area contributed by atoms with E-state index in [2.05, 4.69) is 51.7 Å². The molecule has 0 radical (unpaired) electrons. The summed E-state index contributed by atoms with van der Waals surface area (Å²) in [5.41, 5.74) is 4.63. The highest BCUT2D eigenvalue weighted by Gasteiger charge is 2.25. The van der Waals surface area contributed by atoms with Crippen LogP contribution in [0.15, 0.2) is 36.7 Å². The maximum absolute atomic E-state index is 12.4. The van der Waals surface area contributed by atoms with Gasteiger partial charge in [0.2, 0.25) is 5.91 Å². The minimum absolute atomic E-state index is 0.0798. The molecule has 1 saturated heterocycles. The van der Waals surface area contributed by atoms with Crippen LogP contribution in [0.5, 0.6) is 0 Å². The van der Waals surface area contributed by atoms with Crippen LogP contribution in [0.25, 0.3) is 20.8 Å². The van der Waals surface area contributed by atoms with Gasteiger partial charge in [0.05, 0.1) is 26.7 Å². The summed E-state index contributed by atoms with van der Waals surface area (Å²) in [7, 11) is 1.90. The zero-order chi connectivity index (χ0) is 22.3. The Labute approximate surface area is 194 Å². The van der Waals surface area contributed by atoms with Crippen molar-refractivity contribution in [2.75, 3.05) is 33.2 Å². The highest BCUT2D eigenvalue weighted by molar-refractivity contribution is 7.22. The van der Waals surface area contributed by atoms with E-state index >= 15 is 0 Å². The van der Waals surface area contributed by atoms with E-state index in [-0.39, 0.29) is 11.8 Å². The van der Waals surface area contributed by atoms with Crippen LogP contribution in [0, 0.1) is 5.92 Å². The number of likely N-dealkylation sites (tertiary alicyclic amines) is 1. The monoisotopic (exact) mass is 451 g/mol. The van der Waals surface area contributed by atoms with Crippen LogP contribution in [0.4, 0.5) is 0 Å². The molecule has 0 aromatic carbocycles. The van der Waals surface area contributed by atoms with Crippen molar-refractivity contribution < 1.29 is 4.79 Å². The third-order valence-electron chi connectivity index (χ3n) is 6.05. The molecule has 1 amide bonds. The highest BCUT2D eigenvalue weighted by Crippen LogP contribution is 2.34. The van der Waals surface area contributed by atoms with Crippen molar-refractivity contribution in [1.29, 1.82) is 0 Å². The molecule has 1 aliphatic heterocycles. The van der Waals surface area contributed by atoms with Crippen LogP contribution in [0.2, 0.25) is 0 Å². The second-order valence-corrected chi connectivity index (χ2v) is 9.62. The molecular formula is C25H33N5OS. The molecule has 0 bridgehead atoms. The third kappa shape index (κ3) is 5.52. The van der Waals surface area contributed by atoms with E-state index in [0.717, 1.165) is 63.1 Å². The summed E-state index contributed by atoms with van der Waals surface area (Å²) in [6.45, 7) is 6.38. The Bertz CT molecular complexity index is 1030. The van der Waals surface area contributed by atoms with E-state index in [4.69, 9.17) is 4.98 Å². The maximum Gasteiger partial charge on any atom is 0.224 e. The van der Waals surface area contributed by atoms with Gasteiger partial charge in [0, 0.05) is 38.6 Å². The van der Waals surface area contributed by atoms with E-state index < -0.39 is 0 Å². The molecule has 1 aliphatic rings. The van der Waals surface area contributed by atoms with Gasteiger partial charge in [0.25, 0.3) is 0 Å². The summed E-state index contributed by atoms with van der Waals surface area (Å²) < 4.78 is 1.28. The number of thiophene rings is 1. The van der Waals surface area contributed by atoms with Crippen LogP contribution in [0.3, 0.4) is 0 Å². The van der Waals surface area contributed by atoms with Gasteiger partial charge in [-0.1, -0.05) is 19.4 Å². The summed E-state index contributed by atoms with van der Waals surface area (Å²) in [4.78, 5) is 25.3. The Morgan fingerprint density at radius 2 is 2.16 bits per heavy atom. The van der Waals surface area contributed by atoms with E-state index in [1.54, 1.807) is 11.3 Å². The quantitative estimate of drug-likeness (QED) is 0.484. The molecule has 1 fully saturated rings. The molecule has 170 valence electrons. The molecule has 2 N–H and O–H groups in total. The lowest BCUT2D eigenvalue weighted by Gasteiger charge is -2.32. The van der Waals surface area contributed by atoms with Gasteiger partial charge in [-0.2, -0.15) is 0 Å². The Balaban J connectivity index is 1.39. The average molecular weight is 452 g/mol. The van der Waals surface area contributed by atoms with Gasteiger partial charge in [0.1, 0.15) is 0 Å². The summed E-state index contributed by atoms with van der Waals surface area (Å²) in [5, 5.41) is 6.11. The van der Waals surface area contributed by atoms with Crippen molar-refractivity contribution in [3.05, 3.63) is 47.8 Å². The van der Waals surface area contributed by atoms with Crippen LogP contribution in [0.1, 0.15) is 37.3 Å². The predicted octanol–water partition coefficient (Wildman–Crippen LogP) is 3.86. The smallest absolute Gasteiger partial charge is 0.224 e. The van der Waals surface area contributed by atoms with Crippen LogP contribution < -0.4 is 10.6 Å². The minimum Gasteiger partial charge on any atom is -0.355 e. The summed E-state index contributed by atoms with van der Waals surface area (Å²) in [6, 6.07) is 8.58. The normalized spacial score (nSPS) is 17.0. The Kier molecular flexibility index (Phi) is 7.84. The number of amides is 1. The fourth-order valence-corrected chi connectivity index (χ4v) is 5.51. The molecule has 7 heteroatoms. The first-order valence-electron chi connectivity index (χ1n) is 11.6. The van der Waals surface area contributed by atoms with E-state index in [9.17, 15) is 4.79 Å². The molecule has 3 aromatic rings. The van der Waals surface area contributed by atoms with Gasteiger partial charge >= 0.3 is 0 Å². The molecule has 1 unspecified atom stereocenters. The van der Waals surface area contributed by atoms with Crippen LogP contribution in [-0.2, 0) is 17.8 Å². The number of rotatable bonds is 9. The summed E-state index contributed by atoms with van der Waals surface area (Å²) >= 11 is 1.79. The lowest BCUT2D eigenvalue weighted by atomic mass is 9.96. The number of hydrogen-bond donors (Lipinski definition) is 2. The number of nitrogens with zero attached hydrogens (tertiary/aromatic N) is 3. The van der Waals surface area contributed by atoms with Crippen molar-refractivity contribution in [2.24, 2.45) is 5.92 Å². The number of likely N-dealkylation sites (N-methyl/N-ethyl adjacent to an activating group) is 1. The van der Waals surface area contributed by atoms with Crippen molar-refractivity contribution in [2.45, 2.75) is 39.2 Å². The fourth-order valence-electron chi connectivity index (χ4n) is 4.37. The highest BCUT2D eigenvalue weighted by atomic mass is 32.1. The van der Waals surface area contributed by atoms with Crippen LogP contribution >= 0.6 is 11.3 Å². The van der Waals surface area contributed by atoms with Gasteiger partial charge in [0.15, 0.2) is 0 Å². The first-order chi connectivity index (χ1) is 15.7. The van der Waals surface area contributed by atoms with Crippen molar-refractivity contribution in [3.8, 4) is 10.6 Å². The molecule has 32 heavy (non-hydrogen) atoms. The minimum atomic E-state index is 0.0798. The molecule has 4 heterocycles. The molecule has 0 saturated carbocycles. The average Bonchev–Trinajstić information content (AvgIpc) is 3.25. The van der Waals surface area contributed by atoms with Gasteiger partial charge in [-0.25, -0.2) is 0 Å². The maximum atomic E-state index is 12.4. The lowest BCUT2D eigenvalue weighted by molar-refractivity contribution is -0.126. The zero-order valence-corrected chi connectivity index (χ0v) is 19.9. The third-order valence-corrected chi connectivity index (χ3v) is 7.27. The van der Waals surface area contributed by atoms with Crippen molar-refractivity contribution in [3.63, 3.8) is 0 Å². The van der Waals surface area contributed by atoms with Crippen LogP contribution in [-0.4, -0.2) is 54.0 Å². The number of carbonyl (C=O) groups is 1. The topological polar surface area (TPSA) is 70.2 Å². The molecule has 0 spiro atoms. The summed E-state index contributed by atoms with van der Waals surface area (Å²) in [5.74, 6) is 0.260. The standard InChI is InChI=1S/C25H33N5OS/c1-3-5-19-9-10-27-22-14-23(32-24(19)22)21-8-7-18(15-29-21)16-30-13-4-6-20(17-30)25(31)28-12-11-26-2/h7-10,14-15,20,26H,3-6,11-13,16-17H2,1-2H3,(H,28,31). The number of aryl methyl sites for hydroxylation is 1. The molecule has 4 rings (SSSR count). The molecule has 0 aliphatic carbocycles. The van der Waals surface area contributed by atoms with Crippen molar-refractivity contribution >= 4 is 27.5 Å². The number of aromatic nitrogens is 2. The van der Waals surface area contributed by atoms with Gasteiger partial charge in [-0.05, 0) is 62.2 Å².